The highest BCUT2D eigenvalue weighted by Gasteiger charge is 2.17. The molecule has 1 amide bonds. The van der Waals surface area contributed by atoms with Crippen molar-refractivity contribution in [3.05, 3.63) is 83.8 Å². The molecule has 2 heterocycles. The van der Waals surface area contributed by atoms with Gasteiger partial charge in [-0.25, -0.2) is 4.98 Å². The van der Waals surface area contributed by atoms with Gasteiger partial charge in [-0.1, -0.05) is 35.9 Å². The quantitative estimate of drug-likeness (QED) is 0.769. The van der Waals surface area contributed by atoms with Crippen LogP contribution in [0.5, 0.6) is 0 Å². The highest BCUT2D eigenvalue weighted by molar-refractivity contribution is 5.90. The molecule has 122 valence electrons. The average molecular weight is 319 g/mol. The fourth-order valence-corrected chi connectivity index (χ4v) is 2.74. The summed E-state index contributed by atoms with van der Waals surface area (Å²) in [5.74, 6) is 0.535. The lowest BCUT2D eigenvalue weighted by Crippen LogP contribution is -2.20. The van der Waals surface area contributed by atoms with Crippen molar-refractivity contribution < 1.29 is 4.79 Å². The number of hydrogen-bond acceptors (Lipinski definition) is 2. The first kappa shape index (κ1) is 16.0. The number of hydrogen-bond donors (Lipinski definition) is 1. The lowest BCUT2D eigenvalue weighted by Gasteiger charge is -2.19. The normalized spacial score (nSPS) is 11.9. The van der Waals surface area contributed by atoms with Gasteiger partial charge in [0, 0.05) is 18.6 Å². The summed E-state index contributed by atoms with van der Waals surface area (Å²) in [6.45, 7) is 4.03. The van der Waals surface area contributed by atoms with E-state index in [0.29, 0.717) is 12.2 Å². The summed E-state index contributed by atoms with van der Waals surface area (Å²) in [4.78, 5) is 16.7. The Hall–Kier alpha value is -2.88. The average Bonchev–Trinajstić information content (AvgIpc) is 3.09. The summed E-state index contributed by atoms with van der Waals surface area (Å²) in [5.41, 5.74) is 3.38. The van der Waals surface area contributed by atoms with E-state index in [1.165, 1.54) is 5.56 Å². The molecule has 24 heavy (non-hydrogen) atoms. The van der Waals surface area contributed by atoms with Gasteiger partial charge in [-0.15, -0.1) is 0 Å². The van der Waals surface area contributed by atoms with E-state index in [9.17, 15) is 4.79 Å². The largest absolute Gasteiger partial charge is 0.346 e. The highest BCUT2D eigenvalue weighted by atomic mass is 16.1. The van der Waals surface area contributed by atoms with Crippen molar-refractivity contribution in [2.45, 2.75) is 26.3 Å². The molecule has 4 heteroatoms. The lowest BCUT2D eigenvalue weighted by molar-refractivity contribution is -0.116. The first-order chi connectivity index (χ1) is 11.6. The van der Waals surface area contributed by atoms with E-state index in [2.05, 4.69) is 40.0 Å². The smallest absolute Gasteiger partial charge is 0.227 e. The summed E-state index contributed by atoms with van der Waals surface area (Å²) in [6, 6.07) is 16.0. The van der Waals surface area contributed by atoms with Gasteiger partial charge in [-0.3, -0.25) is 4.79 Å². The Morgan fingerprint density at radius 2 is 1.88 bits per heavy atom. The monoisotopic (exact) mass is 319 g/mol. The predicted octanol–water partition coefficient (Wildman–Crippen LogP) is 4.12. The molecule has 4 nitrogen and oxygen atoms in total. The van der Waals surface area contributed by atoms with Crippen LogP contribution in [0.2, 0.25) is 0 Å². The zero-order valence-electron chi connectivity index (χ0n) is 13.9. The number of anilines is 1. The second-order valence-electron chi connectivity index (χ2n) is 6.03. The minimum atomic E-state index is -0.0495. The third kappa shape index (κ3) is 3.90. The Balaban J connectivity index is 1.79. The van der Waals surface area contributed by atoms with Gasteiger partial charge in [0.05, 0.1) is 12.5 Å². The Morgan fingerprint density at radius 1 is 1.08 bits per heavy atom. The van der Waals surface area contributed by atoms with Crippen LogP contribution in [0.4, 0.5) is 5.82 Å². The fourth-order valence-electron chi connectivity index (χ4n) is 2.74. The van der Waals surface area contributed by atoms with Gasteiger partial charge < -0.3 is 9.88 Å². The van der Waals surface area contributed by atoms with Crippen LogP contribution in [-0.4, -0.2) is 15.5 Å². The van der Waals surface area contributed by atoms with Crippen LogP contribution < -0.4 is 5.32 Å². The fraction of sp³-hybridized carbons (Fsp3) is 0.200. The number of nitrogens with zero attached hydrogens (tertiary/aromatic N) is 2. The molecule has 2 aromatic heterocycles. The van der Waals surface area contributed by atoms with E-state index in [1.807, 2.05) is 49.6 Å². The second kappa shape index (κ2) is 7.13. The minimum Gasteiger partial charge on any atom is -0.346 e. The van der Waals surface area contributed by atoms with Gasteiger partial charge in [-0.2, -0.15) is 0 Å². The number of rotatable bonds is 5. The van der Waals surface area contributed by atoms with Crippen molar-refractivity contribution in [2.24, 2.45) is 0 Å². The maximum Gasteiger partial charge on any atom is 0.227 e. The third-order valence-corrected chi connectivity index (χ3v) is 3.97. The molecule has 0 radical (unpaired) electrons. The minimum absolute atomic E-state index is 0.0367. The van der Waals surface area contributed by atoms with Gasteiger partial charge in [0.15, 0.2) is 0 Å². The molecular weight excluding hydrogens is 298 g/mol. The van der Waals surface area contributed by atoms with E-state index < -0.39 is 0 Å². The molecule has 1 aromatic carbocycles. The number of benzene rings is 1. The molecule has 0 fully saturated rings. The number of aryl methyl sites for hydroxylation is 2. The Morgan fingerprint density at radius 3 is 2.54 bits per heavy atom. The Labute approximate surface area is 142 Å². The zero-order chi connectivity index (χ0) is 16.9. The standard InChI is InChI=1S/C20H21N3O/c1-15-6-5-7-17(12-15)18(23-10-3-4-11-23)13-20(24)22-19-9-8-16(2)14-21-19/h3-12,14,18H,13H2,1-2H3,(H,21,22,24)/t18-/m1/s1. The molecule has 0 spiro atoms. The third-order valence-electron chi connectivity index (χ3n) is 3.97. The lowest BCUT2D eigenvalue weighted by atomic mass is 10.0. The predicted molar refractivity (Wildman–Crippen MR) is 96.0 cm³/mol. The summed E-state index contributed by atoms with van der Waals surface area (Å²) < 4.78 is 2.07. The maximum absolute atomic E-state index is 12.5. The van der Waals surface area contributed by atoms with Gasteiger partial charge in [0.25, 0.3) is 0 Å². The number of nitrogens with one attached hydrogen (secondary N) is 1. The first-order valence-corrected chi connectivity index (χ1v) is 8.03. The molecule has 3 rings (SSSR count). The van der Waals surface area contributed by atoms with E-state index in [0.717, 1.165) is 11.1 Å². The molecule has 0 aliphatic carbocycles. The summed E-state index contributed by atoms with van der Waals surface area (Å²) in [5, 5.41) is 2.88. The van der Waals surface area contributed by atoms with Gasteiger partial charge >= 0.3 is 0 Å². The number of pyridine rings is 1. The summed E-state index contributed by atoms with van der Waals surface area (Å²) in [6.07, 6.45) is 6.09. The number of carbonyl (C=O) groups excluding carboxylic acids is 1. The van der Waals surface area contributed by atoms with Gasteiger partial charge in [0.1, 0.15) is 5.82 Å². The van der Waals surface area contributed by atoms with Gasteiger partial charge in [0.2, 0.25) is 5.91 Å². The topological polar surface area (TPSA) is 46.9 Å². The summed E-state index contributed by atoms with van der Waals surface area (Å²) in [7, 11) is 0. The molecule has 0 bridgehead atoms. The zero-order valence-corrected chi connectivity index (χ0v) is 13.9. The van der Waals surface area contributed by atoms with Crippen LogP contribution in [0.15, 0.2) is 67.1 Å². The van der Waals surface area contributed by atoms with Crippen molar-refractivity contribution in [3.8, 4) is 0 Å². The number of aromatic nitrogens is 2. The molecule has 3 aromatic rings. The van der Waals surface area contributed by atoms with Gasteiger partial charge in [-0.05, 0) is 43.2 Å². The molecule has 0 saturated heterocycles. The maximum atomic E-state index is 12.5. The van der Waals surface area contributed by atoms with Crippen LogP contribution in [0.3, 0.4) is 0 Å². The molecule has 0 aliphatic rings. The Bertz CT molecular complexity index is 807. The van der Waals surface area contributed by atoms with Crippen LogP contribution in [0.25, 0.3) is 0 Å². The van der Waals surface area contributed by atoms with E-state index in [1.54, 1.807) is 6.20 Å². The SMILES string of the molecule is Cc1ccc(NC(=O)C[C@H](c2cccc(C)c2)n2cccc2)nc1. The van der Waals surface area contributed by atoms with Crippen LogP contribution in [-0.2, 0) is 4.79 Å². The van der Waals surface area contributed by atoms with Crippen LogP contribution >= 0.6 is 0 Å². The molecular formula is C20H21N3O. The van der Waals surface area contributed by atoms with Crippen molar-refractivity contribution >= 4 is 11.7 Å². The van der Waals surface area contributed by atoms with Crippen LogP contribution in [0, 0.1) is 13.8 Å². The number of carbonyl (C=O) groups is 1. The first-order valence-electron chi connectivity index (χ1n) is 8.03. The molecule has 0 unspecified atom stereocenters. The van der Waals surface area contributed by atoms with Crippen LogP contribution in [0.1, 0.15) is 29.2 Å². The molecule has 0 aliphatic heterocycles. The Kier molecular flexibility index (Phi) is 4.75. The number of amides is 1. The summed E-state index contributed by atoms with van der Waals surface area (Å²) >= 11 is 0. The van der Waals surface area contributed by atoms with E-state index >= 15 is 0 Å². The highest BCUT2D eigenvalue weighted by Crippen LogP contribution is 2.23. The van der Waals surface area contributed by atoms with Crippen molar-refractivity contribution in [2.75, 3.05) is 5.32 Å². The molecule has 1 atom stereocenters. The van der Waals surface area contributed by atoms with Crippen molar-refractivity contribution in [1.29, 1.82) is 0 Å². The van der Waals surface area contributed by atoms with E-state index in [-0.39, 0.29) is 11.9 Å². The van der Waals surface area contributed by atoms with E-state index in [4.69, 9.17) is 0 Å². The molecule has 0 saturated carbocycles. The second-order valence-corrected chi connectivity index (χ2v) is 6.03. The van der Waals surface area contributed by atoms with Crippen molar-refractivity contribution in [1.82, 2.24) is 9.55 Å². The molecule has 1 N–H and O–H groups in total. The van der Waals surface area contributed by atoms with Crippen molar-refractivity contribution in [3.63, 3.8) is 0 Å².